The van der Waals surface area contributed by atoms with Crippen molar-refractivity contribution in [1.82, 2.24) is 29.6 Å². The molecule has 0 N–H and O–H groups in total. The van der Waals surface area contributed by atoms with Gasteiger partial charge in [-0.25, -0.2) is 4.98 Å². The summed E-state index contributed by atoms with van der Waals surface area (Å²) in [5, 5.41) is 15.2. The Morgan fingerprint density at radius 3 is 2.91 bits per heavy atom. The van der Waals surface area contributed by atoms with Crippen molar-refractivity contribution in [1.29, 1.82) is 0 Å². The fourth-order valence-electron chi connectivity index (χ4n) is 2.03. The van der Waals surface area contributed by atoms with Gasteiger partial charge >= 0.3 is 0 Å². The van der Waals surface area contributed by atoms with Gasteiger partial charge in [-0.1, -0.05) is 41.6 Å². The fourth-order valence-corrected chi connectivity index (χ4v) is 3.96. The molecule has 0 radical (unpaired) electrons. The number of nitrogens with zero attached hydrogens (tertiary/aromatic N) is 6. The maximum Gasteiger partial charge on any atom is 0.214 e. The van der Waals surface area contributed by atoms with Gasteiger partial charge in [0.05, 0.1) is 11.4 Å². The van der Waals surface area contributed by atoms with E-state index in [9.17, 15) is 0 Å². The molecule has 0 amide bonds. The van der Waals surface area contributed by atoms with Crippen molar-refractivity contribution in [3.8, 4) is 5.69 Å². The topological polar surface area (TPSA) is 60.9 Å². The number of thioether (sulfide) groups is 1. The molecule has 110 valence electrons. The van der Waals surface area contributed by atoms with E-state index in [2.05, 4.69) is 20.5 Å². The second-order valence-electron chi connectivity index (χ2n) is 4.40. The first-order valence-electron chi connectivity index (χ1n) is 6.39. The summed E-state index contributed by atoms with van der Waals surface area (Å²) in [6.07, 6.45) is 1.91. The zero-order chi connectivity index (χ0) is 14.9. The summed E-state index contributed by atoms with van der Waals surface area (Å²) in [5.41, 5.74) is 1.76. The highest BCUT2D eigenvalue weighted by Crippen LogP contribution is 2.28. The average molecular weight is 349 g/mol. The van der Waals surface area contributed by atoms with Crippen LogP contribution in [0.15, 0.2) is 47.1 Å². The molecule has 0 aliphatic heterocycles. The third kappa shape index (κ3) is 2.39. The molecule has 0 saturated heterocycles. The van der Waals surface area contributed by atoms with Gasteiger partial charge in [0, 0.05) is 17.3 Å². The maximum atomic E-state index is 6.33. The van der Waals surface area contributed by atoms with Crippen molar-refractivity contribution in [3.05, 3.63) is 52.8 Å². The summed E-state index contributed by atoms with van der Waals surface area (Å²) in [6, 6.07) is 9.77. The standard InChI is InChI=1S/C13H9ClN6S2/c14-11-10(15-12-19(11)6-7-21-12)8-22-13-16-17-18-20(13)9-4-2-1-3-5-9/h1-7H,8H2. The van der Waals surface area contributed by atoms with Crippen LogP contribution in [0, 0.1) is 0 Å². The smallest absolute Gasteiger partial charge is 0.214 e. The number of rotatable bonds is 4. The third-order valence-electron chi connectivity index (χ3n) is 3.05. The molecular weight excluding hydrogens is 340 g/mol. The van der Waals surface area contributed by atoms with Crippen LogP contribution in [0.5, 0.6) is 0 Å². The van der Waals surface area contributed by atoms with E-state index in [-0.39, 0.29) is 0 Å². The summed E-state index contributed by atoms with van der Waals surface area (Å²) >= 11 is 9.39. The minimum absolute atomic E-state index is 0.612. The van der Waals surface area contributed by atoms with Gasteiger partial charge in [-0.3, -0.25) is 4.40 Å². The van der Waals surface area contributed by atoms with Crippen molar-refractivity contribution in [2.75, 3.05) is 0 Å². The lowest BCUT2D eigenvalue weighted by molar-refractivity contribution is 0.756. The van der Waals surface area contributed by atoms with E-state index < -0.39 is 0 Å². The first kappa shape index (κ1) is 13.7. The predicted octanol–water partition coefficient (Wildman–Crippen LogP) is 3.32. The number of fused-ring (bicyclic) bond motifs is 1. The number of hydrogen-bond acceptors (Lipinski definition) is 6. The van der Waals surface area contributed by atoms with Crippen LogP contribution in [-0.4, -0.2) is 29.6 Å². The monoisotopic (exact) mass is 348 g/mol. The molecule has 1 aromatic carbocycles. The van der Waals surface area contributed by atoms with Crippen LogP contribution in [0.4, 0.5) is 0 Å². The Balaban J connectivity index is 1.59. The molecule has 6 nitrogen and oxygen atoms in total. The zero-order valence-electron chi connectivity index (χ0n) is 11.1. The van der Waals surface area contributed by atoms with Crippen molar-refractivity contribution in [2.24, 2.45) is 0 Å². The second-order valence-corrected chi connectivity index (χ2v) is 6.58. The summed E-state index contributed by atoms with van der Waals surface area (Å²) < 4.78 is 3.58. The molecule has 0 fully saturated rings. The highest BCUT2D eigenvalue weighted by molar-refractivity contribution is 7.98. The molecule has 9 heteroatoms. The van der Waals surface area contributed by atoms with Gasteiger partial charge in [0.25, 0.3) is 0 Å². The van der Waals surface area contributed by atoms with Crippen LogP contribution in [-0.2, 0) is 5.75 Å². The normalized spacial score (nSPS) is 11.3. The van der Waals surface area contributed by atoms with Gasteiger partial charge in [-0.05, 0) is 22.6 Å². The number of halogens is 1. The fraction of sp³-hybridized carbons (Fsp3) is 0.0769. The molecule has 0 aliphatic rings. The number of para-hydroxylation sites is 1. The first-order valence-corrected chi connectivity index (χ1v) is 8.64. The van der Waals surface area contributed by atoms with Crippen LogP contribution >= 0.6 is 34.7 Å². The van der Waals surface area contributed by atoms with Crippen molar-refractivity contribution >= 4 is 39.7 Å². The molecule has 0 bridgehead atoms. The van der Waals surface area contributed by atoms with Crippen LogP contribution in [0.1, 0.15) is 5.69 Å². The van der Waals surface area contributed by atoms with Crippen molar-refractivity contribution < 1.29 is 0 Å². The number of hydrogen-bond donors (Lipinski definition) is 0. The first-order chi connectivity index (χ1) is 10.8. The Bertz CT molecular complexity index is 913. The highest BCUT2D eigenvalue weighted by atomic mass is 35.5. The third-order valence-corrected chi connectivity index (χ3v) is 5.14. The van der Waals surface area contributed by atoms with Gasteiger partial charge in [0.15, 0.2) is 4.96 Å². The van der Waals surface area contributed by atoms with E-state index in [4.69, 9.17) is 11.6 Å². The maximum absolute atomic E-state index is 6.33. The number of benzene rings is 1. The van der Waals surface area contributed by atoms with Crippen molar-refractivity contribution in [3.63, 3.8) is 0 Å². The molecule has 0 aliphatic carbocycles. The summed E-state index contributed by atoms with van der Waals surface area (Å²) in [5.74, 6) is 0.612. The average Bonchev–Trinajstić information content (AvgIpc) is 3.25. The van der Waals surface area contributed by atoms with E-state index in [1.807, 2.05) is 46.3 Å². The van der Waals surface area contributed by atoms with Gasteiger partial charge < -0.3 is 0 Å². The van der Waals surface area contributed by atoms with E-state index in [1.165, 1.54) is 11.8 Å². The van der Waals surface area contributed by atoms with E-state index in [0.717, 1.165) is 16.3 Å². The molecule has 4 aromatic rings. The number of tetrazole rings is 1. The molecule has 22 heavy (non-hydrogen) atoms. The summed E-state index contributed by atoms with van der Waals surface area (Å²) in [7, 11) is 0. The molecule has 3 heterocycles. The Morgan fingerprint density at radius 2 is 2.09 bits per heavy atom. The van der Waals surface area contributed by atoms with Crippen LogP contribution < -0.4 is 0 Å². The number of thiazole rings is 1. The highest BCUT2D eigenvalue weighted by Gasteiger charge is 2.14. The lowest BCUT2D eigenvalue weighted by atomic mass is 10.3. The Labute approximate surface area is 138 Å². The number of aromatic nitrogens is 6. The summed E-state index contributed by atoms with van der Waals surface area (Å²) in [4.78, 5) is 5.42. The molecule has 3 aromatic heterocycles. The molecular formula is C13H9ClN6S2. The SMILES string of the molecule is Clc1c(CSc2nnnn2-c2ccccc2)nc2sccn12. The second kappa shape index (κ2) is 5.71. The van der Waals surface area contributed by atoms with Gasteiger partial charge in [-0.15, -0.1) is 16.4 Å². The Morgan fingerprint density at radius 1 is 1.23 bits per heavy atom. The Hall–Kier alpha value is -1.90. The molecule has 0 atom stereocenters. The summed E-state index contributed by atoms with van der Waals surface area (Å²) in [6.45, 7) is 0. The van der Waals surface area contributed by atoms with Gasteiger partial charge in [-0.2, -0.15) is 4.68 Å². The van der Waals surface area contributed by atoms with Gasteiger partial charge in [0.1, 0.15) is 5.15 Å². The zero-order valence-corrected chi connectivity index (χ0v) is 13.5. The quantitative estimate of drug-likeness (QED) is 0.529. The van der Waals surface area contributed by atoms with Crippen LogP contribution in [0.3, 0.4) is 0 Å². The molecule has 4 rings (SSSR count). The predicted molar refractivity (Wildman–Crippen MR) is 86.8 cm³/mol. The Kier molecular flexibility index (Phi) is 3.57. The lowest BCUT2D eigenvalue weighted by Gasteiger charge is -2.03. The lowest BCUT2D eigenvalue weighted by Crippen LogP contribution is -1.98. The molecule has 0 saturated carbocycles. The minimum Gasteiger partial charge on any atom is -0.281 e. The van der Waals surface area contributed by atoms with E-state index >= 15 is 0 Å². The largest absolute Gasteiger partial charge is 0.281 e. The minimum atomic E-state index is 0.612. The molecule has 0 unspecified atom stereocenters. The van der Waals surface area contributed by atoms with Gasteiger partial charge in [0.2, 0.25) is 5.16 Å². The van der Waals surface area contributed by atoms with Crippen molar-refractivity contribution in [2.45, 2.75) is 10.9 Å². The van der Waals surface area contributed by atoms with Crippen LogP contribution in [0.2, 0.25) is 5.15 Å². The van der Waals surface area contributed by atoms with E-state index in [0.29, 0.717) is 16.1 Å². The molecule has 0 spiro atoms. The van der Waals surface area contributed by atoms with E-state index in [1.54, 1.807) is 16.0 Å². The number of imidazole rings is 1. The van der Waals surface area contributed by atoms with Crippen LogP contribution in [0.25, 0.3) is 10.6 Å².